The van der Waals surface area contributed by atoms with E-state index in [1.54, 1.807) is 12.4 Å². The van der Waals surface area contributed by atoms with Crippen molar-refractivity contribution < 1.29 is 4.42 Å². The zero-order valence-electron chi connectivity index (χ0n) is 10.3. The van der Waals surface area contributed by atoms with E-state index in [9.17, 15) is 0 Å². The summed E-state index contributed by atoms with van der Waals surface area (Å²) in [6.07, 6.45) is 3.32. The predicted octanol–water partition coefficient (Wildman–Crippen LogP) is 3.24. The van der Waals surface area contributed by atoms with Gasteiger partial charge >= 0.3 is 0 Å². The first kappa shape index (κ1) is 10.8. The Morgan fingerprint density at radius 1 is 1.11 bits per heavy atom. The number of aromatic nitrogens is 2. The summed E-state index contributed by atoms with van der Waals surface area (Å²) in [5.74, 6) is 1.45. The number of nitrogens with one attached hydrogen (secondary N) is 1. The summed E-state index contributed by atoms with van der Waals surface area (Å²) in [5, 5.41) is 4.10. The van der Waals surface area contributed by atoms with Crippen LogP contribution in [0.1, 0.15) is 5.56 Å². The van der Waals surface area contributed by atoms with Crippen LogP contribution in [0.2, 0.25) is 0 Å². The molecule has 1 N–H and O–H groups in total. The second-order valence-electron chi connectivity index (χ2n) is 4.16. The van der Waals surface area contributed by atoms with E-state index in [1.807, 2.05) is 25.2 Å². The molecule has 0 bridgehead atoms. The van der Waals surface area contributed by atoms with E-state index in [2.05, 4.69) is 28.3 Å². The lowest BCUT2D eigenvalue weighted by Gasteiger charge is -2.02. The maximum Gasteiger partial charge on any atom is 0.157 e. The smallest absolute Gasteiger partial charge is 0.157 e. The SMILES string of the molecule is CNc1nccnc1-c1cc2cc(C)ccc2o1. The van der Waals surface area contributed by atoms with Gasteiger partial charge < -0.3 is 9.73 Å². The van der Waals surface area contributed by atoms with Crippen molar-refractivity contribution in [1.29, 1.82) is 0 Å². The Kier molecular flexibility index (Phi) is 2.48. The van der Waals surface area contributed by atoms with Crippen molar-refractivity contribution in [2.24, 2.45) is 0 Å². The molecule has 0 fully saturated rings. The van der Waals surface area contributed by atoms with Gasteiger partial charge in [-0.3, -0.25) is 0 Å². The summed E-state index contributed by atoms with van der Waals surface area (Å²) in [7, 11) is 1.82. The minimum Gasteiger partial charge on any atom is -0.454 e. The number of aryl methyl sites for hydroxylation is 1. The Morgan fingerprint density at radius 2 is 1.94 bits per heavy atom. The Labute approximate surface area is 105 Å². The lowest BCUT2D eigenvalue weighted by molar-refractivity contribution is 0.628. The van der Waals surface area contributed by atoms with E-state index in [4.69, 9.17) is 4.42 Å². The Hall–Kier alpha value is -2.36. The number of nitrogens with zero attached hydrogens (tertiary/aromatic N) is 2. The molecule has 0 aliphatic rings. The fourth-order valence-electron chi connectivity index (χ4n) is 1.98. The molecule has 2 aromatic heterocycles. The van der Waals surface area contributed by atoms with E-state index in [0.717, 1.165) is 22.4 Å². The van der Waals surface area contributed by atoms with Gasteiger partial charge in [0.15, 0.2) is 11.6 Å². The fraction of sp³-hybridized carbons (Fsp3) is 0.143. The van der Waals surface area contributed by atoms with Crippen molar-refractivity contribution in [3.05, 3.63) is 42.2 Å². The topological polar surface area (TPSA) is 51.0 Å². The molecule has 0 aliphatic heterocycles. The third-order valence-corrected chi connectivity index (χ3v) is 2.84. The second-order valence-corrected chi connectivity index (χ2v) is 4.16. The molecule has 0 unspecified atom stereocenters. The van der Waals surface area contributed by atoms with Crippen LogP contribution in [0, 0.1) is 6.92 Å². The molecule has 90 valence electrons. The van der Waals surface area contributed by atoms with Crippen LogP contribution in [0.4, 0.5) is 5.82 Å². The molecule has 0 saturated heterocycles. The molecule has 4 nitrogen and oxygen atoms in total. The Balaban J connectivity index is 2.19. The molecule has 0 aliphatic carbocycles. The number of anilines is 1. The van der Waals surface area contributed by atoms with Gasteiger partial charge in [-0.1, -0.05) is 11.6 Å². The third kappa shape index (κ3) is 1.72. The first-order valence-electron chi connectivity index (χ1n) is 5.77. The molecule has 1 aromatic carbocycles. The highest BCUT2D eigenvalue weighted by Crippen LogP contribution is 2.30. The summed E-state index contributed by atoms with van der Waals surface area (Å²) in [6, 6.07) is 8.10. The third-order valence-electron chi connectivity index (χ3n) is 2.84. The average Bonchev–Trinajstić information content (AvgIpc) is 2.81. The normalized spacial score (nSPS) is 10.8. The van der Waals surface area contributed by atoms with Crippen LogP contribution in [-0.4, -0.2) is 17.0 Å². The monoisotopic (exact) mass is 239 g/mol. The minimum absolute atomic E-state index is 0.716. The summed E-state index contributed by atoms with van der Waals surface area (Å²) < 4.78 is 5.81. The summed E-state index contributed by atoms with van der Waals surface area (Å²) in [6.45, 7) is 2.06. The van der Waals surface area contributed by atoms with Crippen LogP contribution in [0.5, 0.6) is 0 Å². The molecule has 3 aromatic rings. The molecule has 0 atom stereocenters. The molecular formula is C14H13N3O. The van der Waals surface area contributed by atoms with Crippen LogP contribution in [-0.2, 0) is 0 Å². The summed E-state index contributed by atoms with van der Waals surface area (Å²) >= 11 is 0. The maximum absolute atomic E-state index is 5.81. The predicted molar refractivity (Wildman–Crippen MR) is 71.5 cm³/mol. The van der Waals surface area contributed by atoms with Crippen molar-refractivity contribution in [2.75, 3.05) is 12.4 Å². The van der Waals surface area contributed by atoms with Gasteiger partial charge in [-0.15, -0.1) is 0 Å². The zero-order chi connectivity index (χ0) is 12.5. The van der Waals surface area contributed by atoms with Gasteiger partial charge in [0.2, 0.25) is 0 Å². The maximum atomic E-state index is 5.81. The molecular weight excluding hydrogens is 226 g/mol. The van der Waals surface area contributed by atoms with E-state index in [1.165, 1.54) is 5.56 Å². The van der Waals surface area contributed by atoms with Gasteiger partial charge in [-0.05, 0) is 25.1 Å². The van der Waals surface area contributed by atoms with Crippen LogP contribution >= 0.6 is 0 Å². The van der Waals surface area contributed by atoms with Crippen LogP contribution in [0.25, 0.3) is 22.4 Å². The van der Waals surface area contributed by atoms with Crippen molar-refractivity contribution in [3.8, 4) is 11.5 Å². The van der Waals surface area contributed by atoms with Crippen molar-refractivity contribution in [2.45, 2.75) is 6.92 Å². The van der Waals surface area contributed by atoms with E-state index >= 15 is 0 Å². The Bertz CT molecular complexity index is 703. The lowest BCUT2D eigenvalue weighted by atomic mass is 10.2. The quantitative estimate of drug-likeness (QED) is 0.745. The lowest BCUT2D eigenvalue weighted by Crippen LogP contribution is -1.96. The van der Waals surface area contributed by atoms with E-state index < -0.39 is 0 Å². The second kappa shape index (κ2) is 4.14. The number of hydrogen-bond donors (Lipinski definition) is 1. The van der Waals surface area contributed by atoms with Crippen LogP contribution in [0.15, 0.2) is 41.1 Å². The average molecular weight is 239 g/mol. The highest BCUT2D eigenvalue weighted by atomic mass is 16.3. The Morgan fingerprint density at radius 3 is 2.78 bits per heavy atom. The van der Waals surface area contributed by atoms with Gasteiger partial charge in [0.25, 0.3) is 0 Å². The molecule has 0 saturated carbocycles. The number of hydrogen-bond acceptors (Lipinski definition) is 4. The number of furan rings is 1. The summed E-state index contributed by atoms with van der Waals surface area (Å²) in [4.78, 5) is 8.55. The molecule has 0 spiro atoms. The van der Waals surface area contributed by atoms with Crippen molar-refractivity contribution in [3.63, 3.8) is 0 Å². The van der Waals surface area contributed by atoms with Crippen molar-refractivity contribution >= 4 is 16.8 Å². The van der Waals surface area contributed by atoms with Gasteiger partial charge in [0.1, 0.15) is 11.3 Å². The van der Waals surface area contributed by atoms with Gasteiger partial charge in [0.05, 0.1) is 0 Å². The van der Waals surface area contributed by atoms with E-state index in [0.29, 0.717) is 5.82 Å². The van der Waals surface area contributed by atoms with Crippen LogP contribution < -0.4 is 5.32 Å². The molecule has 3 rings (SSSR count). The van der Waals surface area contributed by atoms with Crippen LogP contribution in [0.3, 0.4) is 0 Å². The molecule has 0 amide bonds. The van der Waals surface area contributed by atoms with Gasteiger partial charge in [-0.25, -0.2) is 9.97 Å². The molecule has 18 heavy (non-hydrogen) atoms. The number of benzene rings is 1. The molecule has 0 radical (unpaired) electrons. The van der Waals surface area contributed by atoms with Gasteiger partial charge in [0, 0.05) is 24.8 Å². The highest BCUT2D eigenvalue weighted by molar-refractivity contribution is 5.84. The standard InChI is InChI=1S/C14H13N3O/c1-9-3-4-11-10(7-9)8-12(18-11)13-14(15-2)17-6-5-16-13/h3-8H,1-2H3,(H,15,17). The van der Waals surface area contributed by atoms with E-state index in [-0.39, 0.29) is 0 Å². The molecule has 4 heteroatoms. The first-order valence-corrected chi connectivity index (χ1v) is 5.77. The molecule has 2 heterocycles. The summed E-state index contributed by atoms with van der Waals surface area (Å²) in [5.41, 5.74) is 2.81. The zero-order valence-corrected chi connectivity index (χ0v) is 10.3. The largest absolute Gasteiger partial charge is 0.454 e. The highest BCUT2D eigenvalue weighted by Gasteiger charge is 2.11. The fourth-order valence-corrected chi connectivity index (χ4v) is 1.98. The van der Waals surface area contributed by atoms with Crippen molar-refractivity contribution in [1.82, 2.24) is 9.97 Å². The minimum atomic E-state index is 0.716. The number of rotatable bonds is 2. The van der Waals surface area contributed by atoms with Gasteiger partial charge in [-0.2, -0.15) is 0 Å². The first-order chi connectivity index (χ1) is 8.78. The number of fused-ring (bicyclic) bond motifs is 1.